The summed E-state index contributed by atoms with van der Waals surface area (Å²) in [5, 5.41) is 24.7. The Hall–Kier alpha value is -4.72. The molecule has 0 saturated heterocycles. The van der Waals surface area contributed by atoms with Crippen LogP contribution in [-0.4, -0.2) is 16.9 Å². The summed E-state index contributed by atoms with van der Waals surface area (Å²) in [6.45, 7) is 0.341. The van der Waals surface area contributed by atoms with E-state index in [1.54, 1.807) is 43.5 Å². The van der Waals surface area contributed by atoms with E-state index >= 15 is 0 Å². The summed E-state index contributed by atoms with van der Waals surface area (Å²) in [5.41, 5.74) is 9.05. The summed E-state index contributed by atoms with van der Waals surface area (Å²) in [6, 6.07) is 26.1. The Labute approximate surface area is 207 Å². The molecule has 0 fully saturated rings. The molecule has 0 aliphatic heterocycles. The number of methoxy groups -OCH3 is 1. The topological polar surface area (TPSA) is 110 Å². The number of halogens is 1. The number of rotatable bonds is 7. The first kappa shape index (κ1) is 23.4. The van der Waals surface area contributed by atoms with Crippen LogP contribution in [0.2, 0.25) is 5.02 Å². The van der Waals surface area contributed by atoms with Gasteiger partial charge in [0.05, 0.1) is 18.4 Å². The highest BCUT2D eigenvalue weighted by molar-refractivity contribution is 6.30. The summed E-state index contributed by atoms with van der Waals surface area (Å²) in [7, 11) is 1.54. The fourth-order valence-corrected chi connectivity index (χ4v) is 3.58. The van der Waals surface area contributed by atoms with E-state index in [9.17, 15) is 10.5 Å². The van der Waals surface area contributed by atoms with Crippen molar-refractivity contribution >= 4 is 29.1 Å². The molecule has 172 valence electrons. The van der Waals surface area contributed by atoms with Crippen LogP contribution in [0.5, 0.6) is 11.5 Å². The average Bonchev–Trinajstić information content (AvgIpc) is 3.23. The van der Waals surface area contributed by atoms with Gasteiger partial charge < -0.3 is 15.2 Å². The molecule has 0 unspecified atom stereocenters. The molecule has 4 rings (SSSR count). The van der Waals surface area contributed by atoms with Gasteiger partial charge in [0.25, 0.3) is 0 Å². The number of para-hydroxylation sites is 1. The minimum atomic E-state index is 0.136. The predicted molar refractivity (Wildman–Crippen MR) is 135 cm³/mol. The molecule has 0 aliphatic carbocycles. The second-order valence-corrected chi connectivity index (χ2v) is 7.90. The first-order valence-electron chi connectivity index (χ1n) is 10.6. The van der Waals surface area contributed by atoms with Gasteiger partial charge >= 0.3 is 0 Å². The van der Waals surface area contributed by atoms with Crippen LogP contribution in [0.25, 0.3) is 17.3 Å². The van der Waals surface area contributed by atoms with E-state index in [1.165, 1.54) is 4.68 Å². The molecule has 35 heavy (non-hydrogen) atoms. The Morgan fingerprint density at radius 1 is 1.06 bits per heavy atom. The third-order valence-corrected chi connectivity index (χ3v) is 5.47. The Morgan fingerprint density at radius 3 is 2.46 bits per heavy atom. The normalized spacial score (nSPS) is 10.9. The average molecular weight is 482 g/mol. The Morgan fingerprint density at radius 2 is 1.80 bits per heavy atom. The molecule has 0 aliphatic rings. The number of aromatic nitrogens is 2. The lowest BCUT2D eigenvalue weighted by Crippen LogP contribution is -2.02. The zero-order chi connectivity index (χ0) is 24.8. The van der Waals surface area contributed by atoms with Crippen molar-refractivity contribution in [2.45, 2.75) is 6.61 Å². The number of anilines is 1. The highest BCUT2D eigenvalue weighted by atomic mass is 35.5. The number of nitrogens with zero attached hydrogens (tertiary/aromatic N) is 4. The maximum absolute atomic E-state index is 9.86. The SMILES string of the molecule is COc1cc(C=C(C#N)c2nn(-c3ccccc3)c(N)c2C#N)ccc1OCc1ccc(Cl)cc1. The van der Waals surface area contributed by atoms with Crippen LogP contribution in [-0.2, 0) is 6.61 Å². The lowest BCUT2D eigenvalue weighted by atomic mass is 10.1. The molecule has 3 aromatic carbocycles. The van der Waals surface area contributed by atoms with Crippen molar-refractivity contribution in [1.82, 2.24) is 9.78 Å². The lowest BCUT2D eigenvalue weighted by molar-refractivity contribution is 0.284. The first-order valence-corrected chi connectivity index (χ1v) is 10.9. The maximum atomic E-state index is 9.86. The molecule has 0 saturated carbocycles. The summed E-state index contributed by atoms with van der Waals surface area (Å²) in [4.78, 5) is 0. The maximum Gasteiger partial charge on any atom is 0.161 e. The van der Waals surface area contributed by atoms with Crippen LogP contribution in [0.3, 0.4) is 0 Å². The highest BCUT2D eigenvalue weighted by Crippen LogP contribution is 2.32. The van der Waals surface area contributed by atoms with Crippen molar-refractivity contribution < 1.29 is 9.47 Å². The van der Waals surface area contributed by atoms with Gasteiger partial charge in [0.1, 0.15) is 35.8 Å². The molecule has 1 aromatic heterocycles. The van der Waals surface area contributed by atoms with Crippen LogP contribution in [0.4, 0.5) is 5.82 Å². The van der Waals surface area contributed by atoms with Crippen molar-refractivity contribution in [3.8, 4) is 29.3 Å². The Balaban J connectivity index is 1.65. The van der Waals surface area contributed by atoms with Gasteiger partial charge in [-0.05, 0) is 53.6 Å². The fraction of sp³-hybridized carbons (Fsp3) is 0.0741. The molecule has 8 heteroatoms. The van der Waals surface area contributed by atoms with Crippen molar-refractivity contribution in [3.05, 3.63) is 100 Å². The van der Waals surface area contributed by atoms with Gasteiger partial charge in [0.2, 0.25) is 0 Å². The van der Waals surface area contributed by atoms with Crippen LogP contribution in [0.1, 0.15) is 22.4 Å². The third kappa shape index (κ3) is 5.11. The van der Waals surface area contributed by atoms with Gasteiger partial charge in [-0.25, -0.2) is 4.68 Å². The van der Waals surface area contributed by atoms with E-state index in [2.05, 4.69) is 17.2 Å². The van der Waals surface area contributed by atoms with Crippen LogP contribution in [0.15, 0.2) is 72.8 Å². The van der Waals surface area contributed by atoms with Crippen LogP contribution >= 0.6 is 11.6 Å². The van der Waals surface area contributed by atoms with E-state index in [-0.39, 0.29) is 22.6 Å². The zero-order valence-corrected chi connectivity index (χ0v) is 19.5. The number of nitrogens with two attached hydrogens (primary N) is 1. The lowest BCUT2D eigenvalue weighted by Gasteiger charge is -2.11. The standard InChI is InChI=1S/C27H20ClN5O2/c1-34-25-14-19(9-12-24(25)35-17-18-7-10-21(28)11-8-18)13-20(15-29)26-23(16-30)27(31)33(32-26)22-5-3-2-4-6-22/h2-14H,17,31H2,1H3. The largest absolute Gasteiger partial charge is 0.493 e. The molecule has 0 atom stereocenters. The molecule has 7 nitrogen and oxygen atoms in total. The molecule has 0 amide bonds. The van der Waals surface area contributed by atoms with Gasteiger partial charge in [-0.2, -0.15) is 15.6 Å². The number of nitrogen functional groups attached to an aromatic ring is 1. The van der Waals surface area contributed by atoms with E-state index in [0.29, 0.717) is 34.4 Å². The van der Waals surface area contributed by atoms with Gasteiger partial charge in [0, 0.05) is 5.02 Å². The second kappa shape index (κ2) is 10.5. The highest BCUT2D eigenvalue weighted by Gasteiger charge is 2.20. The van der Waals surface area contributed by atoms with Crippen molar-refractivity contribution in [2.24, 2.45) is 0 Å². The zero-order valence-electron chi connectivity index (χ0n) is 18.8. The van der Waals surface area contributed by atoms with E-state index in [0.717, 1.165) is 5.56 Å². The predicted octanol–water partition coefficient (Wildman–Crippen LogP) is 5.63. The van der Waals surface area contributed by atoms with Crippen molar-refractivity contribution in [2.75, 3.05) is 12.8 Å². The molecular weight excluding hydrogens is 462 g/mol. The fourth-order valence-electron chi connectivity index (χ4n) is 3.45. The minimum Gasteiger partial charge on any atom is -0.493 e. The van der Waals surface area contributed by atoms with Gasteiger partial charge in [-0.15, -0.1) is 0 Å². The van der Waals surface area contributed by atoms with Crippen molar-refractivity contribution in [1.29, 1.82) is 10.5 Å². The van der Waals surface area contributed by atoms with Gasteiger partial charge in [0.15, 0.2) is 11.5 Å². The molecule has 2 N–H and O–H groups in total. The Bertz CT molecular complexity index is 1460. The number of nitriles is 2. The third-order valence-electron chi connectivity index (χ3n) is 5.22. The van der Waals surface area contributed by atoms with Gasteiger partial charge in [-0.3, -0.25) is 0 Å². The minimum absolute atomic E-state index is 0.136. The first-order chi connectivity index (χ1) is 17.0. The summed E-state index contributed by atoms with van der Waals surface area (Å²) in [5.74, 6) is 1.21. The number of hydrogen-bond donors (Lipinski definition) is 1. The van der Waals surface area contributed by atoms with E-state index < -0.39 is 0 Å². The summed E-state index contributed by atoms with van der Waals surface area (Å²) >= 11 is 5.93. The van der Waals surface area contributed by atoms with E-state index in [1.807, 2.05) is 42.5 Å². The van der Waals surface area contributed by atoms with Crippen LogP contribution in [0, 0.1) is 22.7 Å². The molecule has 4 aromatic rings. The quantitative estimate of drug-likeness (QED) is 0.342. The molecule has 1 heterocycles. The molecule has 0 bridgehead atoms. The summed E-state index contributed by atoms with van der Waals surface area (Å²) < 4.78 is 12.8. The molecule has 0 spiro atoms. The molecule has 0 radical (unpaired) electrons. The second-order valence-electron chi connectivity index (χ2n) is 7.46. The number of allylic oxidation sites excluding steroid dienone is 1. The molecular formula is C27H20ClN5O2. The number of hydrogen-bond acceptors (Lipinski definition) is 6. The smallest absolute Gasteiger partial charge is 0.161 e. The van der Waals surface area contributed by atoms with Crippen LogP contribution < -0.4 is 15.2 Å². The summed E-state index contributed by atoms with van der Waals surface area (Å²) in [6.07, 6.45) is 1.63. The van der Waals surface area contributed by atoms with Crippen molar-refractivity contribution in [3.63, 3.8) is 0 Å². The van der Waals surface area contributed by atoms with Gasteiger partial charge in [-0.1, -0.05) is 48.0 Å². The number of ether oxygens (including phenoxy) is 2. The van der Waals surface area contributed by atoms with E-state index in [4.69, 9.17) is 26.8 Å². The Kier molecular flexibility index (Phi) is 7.02. The monoisotopic (exact) mass is 481 g/mol. The number of benzene rings is 3.